The smallest absolute Gasteiger partial charge is 0.258 e. The zero-order valence-corrected chi connectivity index (χ0v) is 11.7. The molecule has 3 rings (SSSR count). The first-order valence-electron chi connectivity index (χ1n) is 7.21. The van der Waals surface area contributed by atoms with Crippen molar-refractivity contribution < 1.29 is 9.21 Å². The van der Waals surface area contributed by atoms with Crippen LogP contribution in [-0.2, 0) is 0 Å². The third-order valence-electron chi connectivity index (χ3n) is 4.25. The highest BCUT2D eigenvalue weighted by Gasteiger charge is 2.32. The van der Waals surface area contributed by atoms with E-state index in [2.05, 4.69) is 6.92 Å². The molecule has 0 radical (unpaired) electrons. The molecule has 2 heterocycles. The van der Waals surface area contributed by atoms with Crippen LogP contribution in [0, 0.1) is 0 Å². The van der Waals surface area contributed by atoms with E-state index in [9.17, 15) is 4.79 Å². The molecule has 20 heavy (non-hydrogen) atoms. The standard InChI is InChI=1S/C16H20N2O2/c1-11-5-4-6-12(9-17)18(11)16(19)14-10-20-15-8-3-2-7-13(14)15/h2-3,7-8,10-12H,4-6,9,17H2,1H3. The number of rotatable bonds is 2. The lowest BCUT2D eigenvalue weighted by Crippen LogP contribution is -2.51. The van der Waals surface area contributed by atoms with Crippen molar-refractivity contribution >= 4 is 16.9 Å². The number of nitrogens with two attached hydrogens (primary N) is 1. The number of benzene rings is 1. The van der Waals surface area contributed by atoms with Gasteiger partial charge in [0, 0.05) is 24.0 Å². The molecule has 1 aliphatic rings. The van der Waals surface area contributed by atoms with Crippen molar-refractivity contribution in [2.24, 2.45) is 5.73 Å². The van der Waals surface area contributed by atoms with Crippen LogP contribution in [0.1, 0.15) is 36.5 Å². The molecule has 1 aliphatic heterocycles. The summed E-state index contributed by atoms with van der Waals surface area (Å²) in [4.78, 5) is 14.8. The number of piperidine rings is 1. The molecule has 1 aromatic heterocycles. The lowest BCUT2D eigenvalue weighted by molar-refractivity contribution is 0.0495. The van der Waals surface area contributed by atoms with Gasteiger partial charge in [-0.05, 0) is 32.3 Å². The van der Waals surface area contributed by atoms with E-state index in [0.717, 1.165) is 30.2 Å². The van der Waals surface area contributed by atoms with Crippen LogP contribution >= 0.6 is 0 Å². The van der Waals surface area contributed by atoms with Crippen LogP contribution in [0.15, 0.2) is 34.9 Å². The molecule has 1 aromatic carbocycles. The quantitative estimate of drug-likeness (QED) is 0.914. The maximum Gasteiger partial charge on any atom is 0.258 e. The molecule has 2 N–H and O–H groups in total. The Hall–Kier alpha value is -1.81. The van der Waals surface area contributed by atoms with Gasteiger partial charge in [0.2, 0.25) is 0 Å². The predicted molar refractivity (Wildman–Crippen MR) is 78.5 cm³/mol. The Morgan fingerprint density at radius 1 is 1.40 bits per heavy atom. The number of hydrogen-bond acceptors (Lipinski definition) is 3. The molecule has 2 unspecified atom stereocenters. The first kappa shape index (κ1) is 13.2. The van der Waals surface area contributed by atoms with Crippen LogP contribution in [0.5, 0.6) is 0 Å². The van der Waals surface area contributed by atoms with Gasteiger partial charge >= 0.3 is 0 Å². The van der Waals surface area contributed by atoms with Gasteiger partial charge in [0.1, 0.15) is 11.8 Å². The third kappa shape index (κ3) is 2.10. The van der Waals surface area contributed by atoms with Crippen LogP contribution in [-0.4, -0.2) is 29.4 Å². The Morgan fingerprint density at radius 3 is 3.00 bits per heavy atom. The van der Waals surface area contributed by atoms with Crippen molar-refractivity contribution in [3.05, 3.63) is 36.1 Å². The van der Waals surface area contributed by atoms with Crippen LogP contribution < -0.4 is 5.73 Å². The summed E-state index contributed by atoms with van der Waals surface area (Å²) in [5, 5.41) is 0.881. The van der Waals surface area contributed by atoms with Crippen LogP contribution in [0.2, 0.25) is 0 Å². The summed E-state index contributed by atoms with van der Waals surface area (Å²) < 4.78 is 5.49. The lowest BCUT2D eigenvalue weighted by atomic mass is 9.95. The largest absolute Gasteiger partial charge is 0.463 e. The first-order valence-corrected chi connectivity index (χ1v) is 7.21. The summed E-state index contributed by atoms with van der Waals surface area (Å²) in [5.41, 5.74) is 7.24. The van der Waals surface area contributed by atoms with Gasteiger partial charge in [-0.1, -0.05) is 18.2 Å². The van der Waals surface area contributed by atoms with Gasteiger partial charge in [0.15, 0.2) is 0 Å². The maximum absolute atomic E-state index is 12.9. The second kappa shape index (κ2) is 5.29. The minimum absolute atomic E-state index is 0.0394. The number of likely N-dealkylation sites (tertiary alicyclic amines) is 1. The van der Waals surface area contributed by atoms with E-state index in [1.54, 1.807) is 6.26 Å². The minimum atomic E-state index is 0.0394. The van der Waals surface area contributed by atoms with E-state index in [1.807, 2.05) is 29.2 Å². The fourth-order valence-corrected chi connectivity index (χ4v) is 3.17. The number of para-hydroxylation sites is 1. The van der Waals surface area contributed by atoms with E-state index in [4.69, 9.17) is 10.2 Å². The Kier molecular flexibility index (Phi) is 3.49. The summed E-state index contributed by atoms with van der Waals surface area (Å²) in [6.45, 7) is 2.62. The van der Waals surface area contributed by atoms with E-state index in [1.165, 1.54) is 0 Å². The summed E-state index contributed by atoms with van der Waals surface area (Å²) in [7, 11) is 0. The number of fused-ring (bicyclic) bond motifs is 1. The monoisotopic (exact) mass is 272 g/mol. The lowest BCUT2D eigenvalue weighted by Gasteiger charge is -2.40. The molecule has 1 fully saturated rings. The maximum atomic E-state index is 12.9. The molecular weight excluding hydrogens is 252 g/mol. The van der Waals surface area contributed by atoms with Crippen LogP contribution in [0.4, 0.5) is 0 Å². The molecule has 1 amide bonds. The summed E-state index contributed by atoms with van der Waals surface area (Å²) >= 11 is 0. The molecular formula is C16H20N2O2. The van der Waals surface area contributed by atoms with Gasteiger partial charge in [-0.25, -0.2) is 0 Å². The van der Waals surface area contributed by atoms with Crippen LogP contribution in [0.3, 0.4) is 0 Å². The Labute approximate surface area is 118 Å². The van der Waals surface area contributed by atoms with Gasteiger partial charge in [-0.15, -0.1) is 0 Å². The van der Waals surface area contributed by atoms with Crippen LogP contribution in [0.25, 0.3) is 11.0 Å². The van der Waals surface area contributed by atoms with Crippen molar-refractivity contribution in [3.63, 3.8) is 0 Å². The highest BCUT2D eigenvalue weighted by Crippen LogP contribution is 2.28. The summed E-state index contributed by atoms with van der Waals surface area (Å²) in [6.07, 6.45) is 4.74. The van der Waals surface area contributed by atoms with Crippen molar-refractivity contribution in [3.8, 4) is 0 Å². The molecule has 4 nitrogen and oxygen atoms in total. The number of hydrogen-bond donors (Lipinski definition) is 1. The first-order chi connectivity index (χ1) is 9.72. The zero-order valence-electron chi connectivity index (χ0n) is 11.7. The molecule has 0 aliphatic carbocycles. The number of carbonyl (C=O) groups excluding carboxylic acids is 1. The molecule has 2 atom stereocenters. The molecule has 0 spiro atoms. The third-order valence-corrected chi connectivity index (χ3v) is 4.25. The van der Waals surface area contributed by atoms with E-state index < -0.39 is 0 Å². The highest BCUT2D eigenvalue weighted by atomic mass is 16.3. The van der Waals surface area contributed by atoms with Crippen molar-refractivity contribution in [2.75, 3.05) is 6.54 Å². The van der Waals surface area contributed by atoms with E-state index in [-0.39, 0.29) is 18.0 Å². The van der Waals surface area contributed by atoms with Gasteiger partial charge in [0.25, 0.3) is 5.91 Å². The Balaban J connectivity index is 1.98. The second-order valence-electron chi connectivity index (χ2n) is 5.53. The van der Waals surface area contributed by atoms with Gasteiger partial charge in [-0.3, -0.25) is 4.79 Å². The highest BCUT2D eigenvalue weighted by molar-refractivity contribution is 6.06. The SMILES string of the molecule is CC1CCCC(CN)N1C(=O)c1coc2ccccc12. The number of nitrogens with zero attached hydrogens (tertiary/aromatic N) is 1. The topological polar surface area (TPSA) is 59.5 Å². The van der Waals surface area contributed by atoms with Crippen molar-refractivity contribution in [1.29, 1.82) is 0 Å². The Morgan fingerprint density at radius 2 is 2.20 bits per heavy atom. The molecule has 2 aromatic rings. The average molecular weight is 272 g/mol. The molecule has 1 saturated heterocycles. The average Bonchev–Trinajstić information content (AvgIpc) is 2.90. The summed E-state index contributed by atoms with van der Waals surface area (Å²) in [5.74, 6) is 0.0394. The molecule has 106 valence electrons. The summed E-state index contributed by atoms with van der Waals surface area (Å²) in [6, 6.07) is 8.02. The van der Waals surface area contributed by atoms with Gasteiger partial charge in [0.05, 0.1) is 5.56 Å². The predicted octanol–water partition coefficient (Wildman–Crippen LogP) is 2.77. The fraction of sp³-hybridized carbons (Fsp3) is 0.438. The zero-order chi connectivity index (χ0) is 14.1. The molecule has 4 heteroatoms. The van der Waals surface area contributed by atoms with E-state index >= 15 is 0 Å². The van der Waals surface area contributed by atoms with E-state index in [0.29, 0.717) is 12.1 Å². The Bertz CT molecular complexity index is 620. The molecule has 0 bridgehead atoms. The van der Waals surface area contributed by atoms with Crippen molar-refractivity contribution in [2.45, 2.75) is 38.3 Å². The normalized spacial score (nSPS) is 23.2. The number of furan rings is 1. The number of carbonyl (C=O) groups is 1. The molecule has 0 saturated carbocycles. The van der Waals surface area contributed by atoms with Gasteiger partial charge < -0.3 is 15.1 Å². The fourth-order valence-electron chi connectivity index (χ4n) is 3.17. The minimum Gasteiger partial charge on any atom is -0.463 e. The number of amides is 1. The van der Waals surface area contributed by atoms with Gasteiger partial charge in [-0.2, -0.15) is 0 Å². The van der Waals surface area contributed by atoms with Crippen molar-refractivity contribution in [1.82, 2.24) is 4.90 Å². The second-order valence-corrected chi connectivity index (χ2v) is 5.53.